The monoisotopic (exact) mass is 551 g/mol. The van der Waals surface area contributed by atoms with Gasteiger partial charge in [0, 0.05) is 24.0 Å². The Balaban J connectivity index is 1.36. The van der Waals surface area contributed by atoms with Crippen LogP contribution < -0.4 is 4.90 Å². The fraction of sp³-hybridized carbons (Fsp3) is 0.250. The lowest BCUT2D eigenvalue weighted by Gasteiger charge is -2.32. The van der Waals surface area contributed by atoms with E-state index in [0.29, 0.717) is 27.5 Å². The summed E-state index contributed by atoms with van der Waals surface area (Å²) in [6.07, 6.45) is 2.07. The number of rotatable bonds is 6. The van der Waals surface area contributed by atoms with Crippen molar-refractivity contribution in [3.63, 3.8) is 0 Å². The van der Waals surface area contributed by atoms with Crippen LogP contribution >= 0.6 is 22.9 Å². The number of carbonyl (C=O) groups excluding carboxylic acids is 1. The number of hydrogen-bond acceptors (Lipinski definition) is 6. The highest BCUT2D eigenvalue weighted by atomic mass is 35.5. The smallest absolute Gasteiger partial charge is 0.243 e. The minimum Gasteiger partial charge on any atom is -0.467 e. The third kappa shape index (κ3) is 4.88. The number of carbonyl (C=O) groups is 1. The van der Waals surface area contributed by atoms with Gasteiger partial charge in [-0.05, 0) is 61.4 Å². The van der Waals surface area contributed by atoms with Crippen LogP contribution in [0.2, 0.25) is 5.02 Å². The van der Waals surface area contributed by atoms with Crippen molar-refractivity contribution in [1.82, 2.24) is 9.29 Å². The van der Waals surface area contributed by atoms with Crippen molar-refractivity contribution in [3.05, 3.63) is 77.2 Å². The average molecular weight is 552 g/mol. The van der Waals surface area contributed by atoms with E-state index in [-0.39, 0.29) is 43.3 Å². The lowest BCUT2D eigenvalue weighted by Crippen LogP contribution is -2.44. The van der Waals surface area contributed by atoms with Gasteiger partial charge in [0.15, 0.2) is 16.8 Å². The molecule has 1 amide bonds. The molecule has 0 spiro atoms. The number of furan rings is 1. The van der Waals surface area contributed by atoms with Crippen LogP contribution in [0, 0.1) is 17.6 Å². The summed E-state index contributed by atoms with van der Waals surface area (Å²) in [6, 6.07) is 11.3. The van der Waals surface area contributed by atoms with Crippen LogP contribution in [0.5, 0.6) is 0 Å². The van der Waals surface area contributed by atoms with E-state index in [4.69, 9.17) is 16.0 Å². The second kappa shape index (κ2) is 9.89. The number of anilines is 1. The largest absolute Gasteiger partial charge is 0.467 e. The van der Waals surface area contributed by atoms with Crippen molar-refractivity contribution in [2.24, 2.45) is 5.92 Å². The van der Waals surface area contributed by atoms with Gasteiger partial charge in [0.1, 0.15) is 5.76 Å². The molecular formula is C24H20ClF2N3O4S2. The number of nitrogens with zero attached hydrogens (tertiary/aromatic N) is 3. The fourth-order valence-corrected chi connectivity index (χ4v) is 6.88. The van der Waals surface area contributed by atoms with E-state index in [9.17, 15) is 22.0 Å². The normalized spacial score (nSPS) is 15.4. The molecule has 5 rings (SSSR count). The number of piperidine rings is 1. The first-order valence-electron chi connectivity index (χ1n) is 11.1. The second-order valence-electron chi connectivity index (χ2n) is 8.37. The number of benzene rings is 2. The summed E-state index contributed by atoms with van der Waals surface area (Å²) < 4.78 is 60.2. The molecule has 0 aliphatic carbocycles. The number of aromatic nitrogens is 1. The Morgan fingerprint density at radius 1 is 1.14 bits per heavy atom. The van der Waals surface area contributed by atoms with Gasteiger partial charge in [-0.15, -0.1) is 0 Å². The standard InChI is InChI=1S/C24H20ClF2N3O4S2/c25-16-3-6-21-22(12-16)35-24(28-21)30(14-17-2-1-11-34-17)23(31)15-7-9-29(10-8-15)36(32,33)18-4-5-19(26)20(27)13-18/h1-6,11-13,15H,7-10,14H2. The van der Waals surface area contributed by atoms with Crippen LogP contribution in [-0.2, 0) is 21.4 Å². The van der Waals surface area contributed by atoms with Crippen molar-refractivity contribution < 1.29 is 26.4 Å². The first-order chi connectivity index (χ1) is 17.2. The maximum absolute atomic E-state index is 13.6. The fourth-order valence-electron chi connectivity index (χ4n) is 4.15. The molecule has 1 fully saturated rings. The predicted octanol–water partition coefficient (Wildman–Crippen LogP) is 5.46. The maximum atomic E-state index is 13.6. The summed E-state index contributed by atoms with van der Waals surface area (Å²) in [5, 5.41) is 1.06. The molecule has 2 aromatic carbocycles. The molecule has 1 aliphatic rings. The van der Waals surface area contributed by atoms with Gasteiger partial charge in [-0.25, -0.2) is 22.2 Å². The minimum atomic E-state index is -4.02. The number of sulfonamides is 1. The maximum Gasteiger partial charge on any atom is 0.243 e. The molecule has 0 unspecified atom stereocenters. The van der Waals surface area contributed by atoms with Crippen molar-refractivity contribution in [3.8, 4) is 0 Å². The predicted molar refractivity (Wildman–Crippen MR) is 132 cm³/mol. The van der Waals surface area contributed by atoms with E-state index in [0.717, 1.165) is 16.8 Å². The Kier molecular flexibility index (Phi) is 6.82. The molecule has 4 aromatic rings. The highest BCUT2D eigenvalue weighted by molar-refractivity contribution is 7.89. The highest BCUT2D eigenvalue weighted by Gasteiger charge is 2.35. The summed E-state index contributed by atoms with van der Waals surface area (Å²) in [6.45, 7) is 0.316. The zero-order chi connectivity index (χ0) is 25.4. The van der Waals surface area contributed by atoms with Crippen molar-refractivity contribution in [2.75, 3.05) is 18.0 Å². The molecular weight excluding hydrogens is 532 g/mol. The zero-order valence-corrected chi connectivity index (χ0v) is 21.1. The molecule has 36 heavy (non-hydrogen) atoms. The molecule has 12 heteroatoms. The van der Waals surface area contributed by atoms with Gasteiger partial charge in [0.2, 0.25) is 15.9 Å². The van der Waals surface area contributed by atoms with Crippen molar-refractivity contribution in [1.29, 1.82) is 0 Å². The van der Waals surface area contributed by atoms with Crippen LogP contribution in [0.4, 0.5) is 13.9 Å². The van der Waals surface area contributed by atoms with Gasteiger partial charge in [0.05, 0.1) is 27.9 Å². The van der Waals surface area contributed by atoms with Crippen LogP contribution in [0.1, 0.15) is 18.6 Å². The SMILES string of the molecule is O=C(C1CCN(S(=O)(=O)c2ccc(F)c(F)c2)CC1)N(Cc1ccco1)c1nc2ccc(Cl)cc2s1. The van der Waals surface area contributed by atoms with Crippen LogP contribution in [0.25, 0.3) is 10.2 Å². The van der Waals surface area contributed by atoms with E-state index < -0.39 is 27.6 Å². The summed E-state index contributed by atoms with van der Waals surface area (Å²) in [7, 11) is -4.02. The molecule has 0 radical (unpaired) electrons. The molecule has 0 bridgehead atoms. The molecule has 1 aliphatic heterocycles. The van der Waals surface area contributed by atoms with E-state index in [1.165, 1.54) is 21.9 Å². The topological polar surface area (TPSA) is 83.7 Å². The quantitative estimate of drug-likeness (QED) is 0.318. The van der Waals surface area contributed by atoms with Crippen LogP contribution in [-0.4, -0.2) is 36.7 Å². The molecule has 7 nitrogen and oxygen atoms in total. The number of thiazole rings is 1. The molecule has 2 aromatic heterocycles. The summed E-state index contributed by atoms with van der Waals surface area (Å²) in [5.41, 5.74) is 0.712. The van der Waals surface area contributed by atoms with Crippen LogP contribution in [0.3, 0.4) is 0 Å². The Bertz CT molecular complexity index is 1520. The van der Waals surface area contributed by atoms with E-state index in [1.54, 1.807) is 35.2 Å². The molecule has 0 saturated carbocycles. The summed E-state index contributed by atoms with van der Waals surface area (Å²) in [5.74, 6) is -2.41. The Hall–Kier alpha value is -2.86. The lowest BCUT2D eigenvalue weighted by molar-refractivity contribution is -0.123. The third-order valence-electron chi connectivity index (χ3n) is 6.06. The van der Waals surface area contributed by atoms with E-state index in [2.05, 4.69) is 4.98 Å². The van der Waals surface area contributed by atoms with Gasteiger partial charge in [0.25, 0.3) is 0 Å². The first kappa shape index (κ1) is 24.8. The molecule has 1 saturated heterocycles. The van der Waals surface area contributed by atoms with Crippen molar-refractivity contribution in [2.45, 2.75) is 24.3 Å². The number of halogens is 3. The van der Waals surface area contributed by atoms with Gasteiger partial charge in [-0.1, -0.05) is 22.9 Å². The molecule has 0 N–H and O–H groups in total. The minimum absolute atomic E-state index is 0.0712. The Morgan fingerprint density at radius 3 is 2.61 bits per heavy atom. The van der Waals surface area contributed by atoms with Gasteiger partial charge < -0.3 is 4.42 Å². The summed E-state index contributed by atoms with van der Waals surface area (Å²) in [4.78, 5) is 19.5. The Labute approximate surface area is 215 Å². The molecule has 0 atom stereocenters. The number of hydrogen-bond donors (Lipinski definition) is 0. The van der Waals surface area contributed by atoms with Crippen LogP contribution in [0.15, 0.2) is 64.1 Å². The average Bonchev–Trinajstić information content (AvgIpc) is 3.53. The van der Waals surface area contributed by atoms with E-state index >= 15 is 0 Å². The molecule has 188 valence electrons. The zero-order valence-electron chi connectivity index (χ0n) is 18.7. The lowest BCUT2D eigenvalue weighted by atomic mass is 9.96. The number of amides is 1. The molecule has 3 heterocycles. The second-order valence-corrected chi connectivity index (χ2v) is 11.7. The highest BCUT2D eigenvalue weighted by Crippen LogP contribution is 2.34. The van der Waals surface area contributed by atoms with Gasteiger partial charge in [-0.2, -0.15) is 4.31 Å². The third-order valence-corrected chi connectivity index (χ3v) is 9.23. The van der Waals surface area contributed by atoms with Gasteiger partial charge >= 0.3 is 0 Å². The van der Waals surface area contributed by atoms with Crippen molar-refractivity contribution >= 4 is 54.2 Å². The number of fused-ring (bicyclic) bond motifs is 1. The van der Waals surface area contributed by atoms with Gasteiger partial charge in [-0.3, -0.25) is 9.69 Å². The first-order valence-corrected chi connectivity index (χ1v) is 13.7. The Morgan fingerprint density at radius 2 is 1.92 bits per heavy atom. The summed E-state index contributed by atoms with van der Waals surface area (Å²) >= 11 is 7.44. The van der Waals surface area contributed by atoms with E-state index in [1.807, 2.05) is 0 Å².